The van der Waals surface area contributed by atoms with Gasteiger partial charge in [0, 0.05) is 51.5 Å². The van der Waals surface area contributed by atoms with Crippen LogP contribution in [0.4, 0.5) is 19.0 Å². The van der Waals surface area contributed by atoms with Gasteiger partial charge >= 0.3 is 6.18 Å². The number of anilines is 1. The first-order valence-corrected chi connectivity index (χ1v) is 12.3. The highest BCUT2D eigenvalue weighted by Crippen LogP contribution is 2.30. The zero-order valence-corrected chi connectivity index (χ0v) is 20.7. The SMILES string of the molecule is CNC(=O)c1cnc(N2CCN(C3CCN(Cc4ccc(C(F)(F)F)cc4)CC3)[C@@H](C)C2)c(Cl)c1. The molecule has 2 aromatic rings. The van der Waals surface area contributed by atoms with E-state index in [-0.39, 0.29) is 5.91 Å². The van der Waals surface area contributed by atoms with E-state index >= 15 is 0 Å². The molecule has 1 amide bonds. The van der Waals surface area contributed by atoms with Crippen LogP contribution >= 0.6 is 11.6 Å². The number of amides is 1. The lowest BCUT2D eigenvalue weighted by Gasteiger charge is -2.47. The van der Waals surface area contributed by atoms with Gasteiger partial charge in [0.2, 0.25) is 0 Å². The third-order valence-electron chi connectivity index (χ3n) is 7.00. The lowest BCUT2D eigenvalue weighted by molar-refractivity contribution is -0.137. The lowest BCUT2D eigenvalue weighted by atomic mass is 9.99. The molecule has 1 aromatic heterocycles. The number of carbonyl (C=O) groups excluding carboxylic acids is 1. The summed E-state index contributed by atoms with van der Waals surface area (Å²) in [6.45, 7) is 7.25. The van der Waals surface area contributed by atoms with Crippen molar-refractivity contribution in [2.75, 3.05) is 44.7 Å². The molecule has 2 aliphatic rings. The second-order valence-corrected chi connectivity index (χ2v) is 9.75. The summed E-state index contributed by atoms with van der Waals surface area (Å²) in [5, 5.41) is 3.05. The Hall–Kier alpha value is -2.36. The number of benzene rings is 1. The van der Waals surface area contributed by atoms with E-state index in [2.05, 4.69) is 31.9 Å². The number of pyridine rings is 1. The molecule has 35 heavy (non-hydrogen) atoms. The summed E-state index contributed by atoms with van der Waals surface area (Å²) in [6.07, 6.45) is -0.674. The number of aromatic nitrogens is 1. The number of alkyl halides is 3. The van der Waals surface area contributed by atoms with Crippen LogP contribution in [-0.2, 0) is 12.7 Å². The van der Waals surface area contributed by atoms with Gasteiger partial charge in [-0.3, -0.25) is 14.6 Å². The molecule has 2 aliphatic heterocycles. The lowest BCUT2D eigenvalue weighted by Crippen LogP contribution is -2.57. The molecule has 1 N–H and O–H groups in total. The zero-order chi connectivity index (χ0) is 25.2. The van der Waals surface area contributed by atoms with Gasteiger partial charge in [-0.25, -0.2) is 4.98 Å². The molecule has 0 unspecified atom stereocenters. The molecule has 0 aliphatic carbocycles. The van der Waals surface area contributed by atoms with Crippen molar-refractivity contribution < 1.29 is 18.0 Å². The van der Waals surface area contributed by atoms with Crippen molar-refractivity contribution in [3.8, 4) is 0 Å². The minimum atomic E-state index is -4.30. The van der Waals surface area contributed by atoms with Gasteiger partial charge in [0.1, 0.15) is 5.82 Å². The van der Waals surface area contributed by atoms with Gasteiger partial charge in [0.15, 0.2) is 0 Å². The maximum Gasteiger partial charge on any atom is 0.416 e. The predicted molar refractivity (Wildman–Crippen MR) is 131 cm³/mol. The maximum absolute atomic E-state index is 12.8. The number of likely N-dealkylation sites (tertiary alicyclic amines) is 1. The van der Waals surface area contributed by atoms with Crippen LogP contribution in [-0.4, -0.2) is 72.5 Å². The van der Waals surface area contributed by atoms with Crippen LogP contribution in [0.2, 0.25) is 5.02 Å². The Kier molecular flexibility index (Phi) is 7.88. The van der Waals surface area contributed by atoms with Crippen LogP contribution in [0.5, 0.6) is 0 Å². The average molecular weight is 510 g/mol. The zero-order valence-electron chi connectivity index (χ0n) is 20.0. The van der Waals surface area contributed by atoms with E-state index in [4.69, 9.17) is 11.6 Å². The first-order chi connectivity index (χ1) is 16.7. The molecule has 10 heteroatoms. The molecule has 2 fully saturated rings. The second kappa shape index (κ2) is 10.7. The summed E-state index contributed by atoms with van der Waals surface area (Å²) < 4.78 is 38.4. The number of piperidine rings is 1. The van der Waals surface area contributed by atoms with Gasteiger partial charge in [-0.15, -0.1) is 0 Å². The van der Waals surface area contributed by atoms with E-state index in [1.165, 1.54) is 0 Å². The molecular formula is C25H31ClF3N5O. The number of nitrogens with one attached hydrogen (secondary N) is 1. The van der Waals surface area contributed by atoms with Gasteiger partial charge in [0.25, 0.3) is 5.91 Å². The van der Waals surface area contributed by atoms with E-state index in [0.717, 1.165) is 63.3 Å². The molecule has 6 nitrogen and oxygen atoms in total. The molecule has 0 saturated carbocycles. The van der Waals surface area contributed by atoms with Crippen LogP contribution in [0, 0.1) is 0 Å². The van der Waals surface area contributed by atoms with Crippen molar-refractivity contribution in [3.05, 3.63) is 58.2 Å². The Morgan fingerprint density at radius 3 is 2.40 bits per heavy atom. The Labute approximate surface area is 209 Å². The van der Waals surface area contributed by atoms with E-state index in [9.17, 15) is 18.0 Å². The average Bonchev–Trinajstić information content (AvgIpc) is 2.84. The summed E-state index contributed by atoms with van der Waals surface area (Å²) in [5.74, 6) is 0.492. The highest BCUT2D eigenvalue weighted by molar-refractivity contribution is 6.33. The molecule has 3 heterocycles. The topological polar surface area (TPSA) is 51.7 Å². The van der Waals surface area contributed by atoms with Crippen molar-refractivity contribution in [1.29, 1.82) is 0 Å². The Morgan fingerprint density at radius 1 is 1.14 bits per heavy atom. The number of hydrogen-bond donors (Lipinski definition) is 1. The predicted octanol–water partition coefficient (Wildman–Crippen LogP) is 4.29. The second-order valence-electron chi connectivity index (χ2n) is 9.34. The Bertz CT molecular complexity index is 1020. The molecule has 1 aromatic carbocycles. The molecule has 190 valence electrons. The van der Waals surface area contributed by atoms with Crippen molar-refractivity contribution in [2.45, 2.75) is 44.6 Å². The van der Waals surface area contributed by atoms with Crippen LogP contribution < -0.4 is 10.2 Å². The normalized spacial score (nSPS) is 20.7. The Morgan fingerprint density at radius 2 is 1.83 bits per heavy atom. The smallest absolute Gasteiger partial charge is 0.355 e. The maximum atomic E-state index is 12.8. The van der Waals surface area contributed by atoms with Crippen LogP contribution in [0.15, 0.2) is 36.5 Å². The molecule has 0 bridgehead atoms. The third-order valence-corrected chi connectivity index (χ3v) is 7.28. The molecule has 0 radical (unpaired) electrons. The van der Waals surface area contributed by atoms with Crippen molar-refractivity contribution in [1.82, 2.24) is 20.1 Å². The number of hydrogen-bond acceptors (Lipinski definition) is 5. The van der Waals surface area contributed by atoms with E-state index < -0.39 is 11.7 Å². The van der Waals surface area contributed by atoms with Crippen LogP contribution in [0.1, 0.15) is 41.3 Å². The summed E-state index contributed by atoms with van der Waals surface area (Å²) in [4.78, 5) is 23.3. The minimum absolute atomic E-state index is 0.214. The number of halogens is 4. The summed E-state index contributed by atoms with van der Waals surface area (Å²) in [7, 11) is 1.57. The molecule has 4 rings (SSSR count). The Balaban J connectivity index is 1.29. The number of rotatable bonds is 5. The van der Waals surface area contributed by atoms with Crippen LogP contribution in [0.25, 0.3) is 0 Å². The van der Waals surface area contributed by atoms with Gasteiger partial charge in [-0.2, -0.15) is 13.2 Å². The summed E-state index contributed by atoms with van der Waals surface area (Å²) in [6, 6.07) is 7.95. The van der Waals surface area contributed by atoms with E-state index in [0.29, 0.717) is 35.0 Å². The van der Waals surface area contributed by atoms with Crippen molar-refractivity contribution >= 4 is 23.3 Å². The largest absolute Gasteiger partial charge is 0.416 e. The van der Waals surface area contributed by atoms with Gasteiger partial charge in [-0.05, 0) is 56.6 Å². The van der Waals surface area contributed by atoms with Gasteiger partial charge in [0.05, 0.1) is 16.1 Å². The monoisotopic (exact) mass is 509 g/mol. The highest BCUT2D eigenvalue weighted by Gasteiger charge is 2.33. The number of nitrogens with zero attached hydrogens (tertiary/aromatic N) is 4. The summed E-state index contributed by atoms with van der Waals surface area (Å²) in [5.41, 5.74) is 0.744. The standard InChI is InChI=1S/C25H31ClF3N5O/c1-17-15-33(23-22(26)13-19(14-31-23)24(35)30-2)11-12-34(17)21-7-9-32(10-8-21)16-18-3-5-20(6-4-18)25(27,28)29/h3-6,13-14,17,21H,7-12,15-16H2,1-2H3,(H,30,35)/t17-/m0/s1. The first-order valence-electron chi connectivity index (χ1n) is 11.9. The molecule has 2 saturated heterocycles. The van der Waals surface area contributed by atoms with Crippen molar-refractivity contribution in [2.24, 2.45) is 0 Å². The number of carbonyl (C=O) groups is 1. The van der Waals surface area contributed by atoms with E-state index in [1.807, 2.05) is 0 Å². The van der Waals surface area contributed by atoms with Crippen molar-refractivity contribution in [3.63, 3.8) is 0 Å². The molecular weight excluding hydrogens is 479 g/mol. The van der Waals surface area contributed by atoms with Gasteiger partial charge < -0.3 is 10.2 Å². The summed E-state index contributed by atoms with van der Waals surface area (Å²) >= 11 is 6.45. The number of piperazine rings is 1. The third kappa shape index (κ3) is 6.08. The molecule has 0 spiro atoms. The van der Waals surface area contributed by atoms with Crippen LogP contribution in [0.3, 0.4) is 0 Å². The van der Waals surface area contributed by atoms with Gasteiger partial charge in [-0.1, -0.05) is 23.7 Å². The fourth-order valence-corrected chi connectivity index (χ4v) is 5.39. The first kappa shape index (κ1) is 25.7. The fraction of sp³-hybridized carbons (Fsp3) is 0.520. The fourth-order valence-electron chi connectivity index (χ4n) is 5.10. The van der Waals surface area contributed by atoms with E-state index in [1.54, 1.807) is 31.4 Å². The minimum Gasteiger partial charge on any atom is -0.355 e. The highest BCUT2D eigenvalue weighted by atomic mass is 35.5. The molecule has 1 atom stereocenters. The quantitative estimate of drug-likeness (QED) is 0.652.